The van der Waals surface area contributed by atoms with E-state index in [0.29, 0.717) is 17.4 Å². The zero-order chi connectivity index (χ0) is 15.4. The molecule has 1 amide bonds. The molecule has 1 fully saturated rings. The van der Waals surface area contributed by atoms with Crippen LogP contribution >= 0.6 is 0 Å². The van der Waals surface area contributed by atoms with Crippen LogP contribution in [0.5, 0.6) is 0 Å². The van der Waals surface area contributed by atoms with Crippen LogP contribution in [0.2, 0.25) is 0 Å². The van der Waals surface area contributed by atoms with Gasteiger partial charge in [0.2, 0.25) is 0 Å². The topological polar surface area (TPSA) is 67.2 Å². The molecule has 21 heavy (non-hydrogen) atoms. The number of amides is 1. The Labute approximate surface area is 126 Å². The van der Waals surface area contributed by atoms with Crippen molar-refractivity contribution in [3.8, 4) is 0 Å². The second-order valence-electron chi connectivity index (χ2n) is 6.59. The summed E-state index contributed by atoms with van der Waals surface area (Å²) in [5.74, 6) is 0.900. The summed E-state index contributed by atoms with van der Waals surface area (Å²) in [5, 5.41) is 16.6. The second-order valence-corrected chi connectivity index (χ2v) is 6.59. The summed E-state index contributed by atoms with van der Waals surface area (Å²) in [7, 11) is 0. The molecule has 0 aromatic carbocycles. The van der Waals surface area contributed by atoms with Gasteiger partial charge in [0, 0.05) is 24.9 Å². The highest BCUT2D eigenvalue weighted by Crippen LogP contribution is 2.24. The first-order chi connectivity index (χ1) is 10.0. The Bertz CT molecular complexity index is 474. The zero-order valence-electron chi connectivity index (χ0n) is 13.3. The summed E-state index contributed by atoms with van der Waals surface area (Å²) in [4.78, 5) is 12.4. The maximum atomic E-state index is 12.4. The summed E-state index contributed by atoms with van der Waals surface area (Å²) in [5.41, 5.74) is 1.62. The van der Waals surface area contributed by atoms with Gasteiger partial charge in [0.1, 0.15) is 0 Å². The molecule has 0 unspecified atom stereocenters. The van der Waals surface area contributed by atoms with Crippen molar-refractivity contribution < 1.29 is 9.90 Å². The highest BCUT2D eigenvalue weighted by molar-refractivity contribution is 5.95. The van der Waals surface area contributed by atoms with Crippen LogP contribution < -0.4 is 5.32 Å². The van der Waals surface area contributed by atoms with Crippen LogP contribution in [0.1, 0.15) is 55.6 Å². The van der Waals surface area contributed by atoms with E-state index in [1.807, 2.05) is 11.6 Å². The number of hydrogen-bond acceptors (Lipinski definition) is 3. The first kappa shape index (κ1) is 16.0. The van der Waals surface area contributed by atoms with Gasteiger partial charge in [-0.2, -0.15) is 5.10 Å². The molecule has 0 aliphatic heterocycles. The number of nitrogens with one attached hydrogen (secondary N) is 1. The Hall–Kier alpha value is -1.36. The number of carbonyl (C=O) groups excluding carboxylic acids is 1. The maximum Gasteiger partial charge on any atom is 0.254 e. The lowest BCUT2D eigenvalue weighted by atomic mass is 9.86. The Morgan fingerprint density at radius 1 is 1.43 bits per heavy atom. The average Bonchev–Trinajstić information content (AvgIpc) is 2.80. The third-order valence-electron chi connectivity index (χ3n) is 4.33. The average molecular weight is 293 g/mol. The van der Waals surface area contributed by atoms with Crippen molar-refractivity contribution in [1.29, 1.82) is 0 Å². The van der Waals surface area contributed by atoms with Gasteiger partial charge in [-0.3, -0.25) is 9.48 Å². The van der Waals surface area contributed by atoms with Crippen LogP contribution in [0, 0.1) is 18.8 Å². The van der Waals surface area contributed by atoms with Crippen molar-refractivity contribution in [2.24, 2.45) is 11.8 Å². The number of hydrogen-bond donors (Lipinski definition) is 2. The van der Waals surface area contributed by atoms with E-state index < -0.39 is 0 Å². The molecular formula is C16H27N3O2. The van der Waals surface area contributed by atoms with Gasteiger partial charge in [0.15, 0.2) is 0 Å². The fourth-order valence-electron chi connectivity index (χ4n) is 2.95. The molecule has 1 aromatic rings. The van der Waals surface area contributed by atoms with Crippen LogP contribution in [0.25, 0.3) is 0 Å². The smallest absolute Gasteiger partial charge is 0.254 e. The summed E-state index contributed by atoms with van der Waals surface area (Å²) >= 11 is 0. The van der Waals surface area contributed by atoms with Crippen LogP contribution in [0.3, 0.4) is 0 Å². The van der Waals surface area contributed by atoms with Gasteiger partial charge in [-0.15, -0.1) is 0 Å². The van der Waals surface area contributed by atoms with Gasteiger partial charge in [-0.05, 0) is 44.4 Å². The van der Waals surface area contributed by atoms with Crippen molar-refractivity contribution >= 4 is 5.91 Å². The van der Waals surface area contributed by atoms with Crippen LogP contribution in [0.4, 0.5) is 0 Å². The molecule has 1 heterocycles. The molecule has 2 rings (SSSR count). The summed E-state index contributed by atoms with van der Waals surface area (Å²) in [6.45, 7) is 7.33. The zero-order valence-corrected chi connectivity index (χ0v) is 13.3. The first-order valence-electron chi connectivity index (χ1n) is 7.95. The van der Waals surface area contributed by atoms with E-state index in [2.05, 4.69) is 24.3 Å². The minimum atomic E-state index is -0.0186. The second kappa shape index (κ2) is 7.07. The van der Waals surface area contributed by atoms with E-state index >= 15 is 0 Å². The van der Waals surface area contributed by atoms with E-state index in [4.69, 9.17) is 5.11 Å². The van der Waals surface area contributed by atoms with Gasteiger partial charge in [0.25, 0.3) is 5.91 Å². The van der Waals surface area contributed by atoms with Crippen LogP contribution in [0.15, 0.2) is 6.20 Å². The van der Waals surface area contributed by atoms with E-state index in [1.165, 1.54) is 0 Å². The molecule has 0 radical (unpaired) electrons. The van der Waals surface area contributed by atoms with Crippen molar-refractivity contribution in [3.63, 3.8) is 0 Å². The van der Waals surface area contributed by atoms with E-state index in [9.17, 15) is 4.79 Å². The molecule has 5 nitrogen and oxygen atoms in total. The van der Waals surface area contributed by atoms with Gasteiger partial charge in [-0.25, -0.2) is 0 Å². The summed E-state index contributed by atoms with van der Waals surface area (Å²) in [6.07, 6.45) is 5.57. The van der Waals surface area contributed by atoms with Gasteiger partial charge < -0.3 is 10.4 Å². The SMILES string of the molecule is Cc1c(C(=O)NC2CCC(CO)CC2)cnn1CC(C)C. The third-order valence-corrected chi connectivity index (χ3v) is 4.33. The molecule has 0 spiro atoms. The molecule has 1 aromatic heterocycles. The quantitative estimate of drug-likeness (QED) is 0.874. The normalized spacial score (nSPS) is 22.5. The number of aliphatic hydroxyl groups excluding tert-OH is 1. The molecule has 1 saturated carbocycles. The van der Waals surface area contributed by atoms with Crippen molar-refractivity contribution in [2.75, 3.05) is 6.61 Å². The third kappa shape index (κ3) is 4.06. The Balaban J connectivity index is 1.93. The maximum absolute atomic E-state index is 12.4. The first-order valence-corrected chi connectivity index (χ1v) is 7.95. The predicted molar refractivity (Wildman–Crippen MR) is 82.1 cm³/mol. The van der Waals surface area contributed by atoms with Crippen LogP contribution in [-0.2, 0) is 6.54 Å². The van der Waals surface area contributed by atoms with E-state index in [0.717, 1.165) is 37.9 Å². The molecule has 5 heteroatoms. The number of rotatable bonds is 5. The minimum Gasteiger partial charge on any atom is -0.396 e. The lowest BCUT2D eigenvalue weighted by Gasteiger charge is -2.27. The number of aromatic nitrogens is 2. The van der Waals surface area contributed by atoms with Crippen molar-refractivity contribution in [2.45, 2.75) is 59.0 Å². The van der Waals surface area contributed by atoms with E-state index in [1.54, 1.807) is 6.20 Å². The Kier molecular flexibility index (Phi) is 5.39. The highest BCUT2D eigenvalue weighted by Gasteiger charge is 2.23. The van der Waals surface area contributed by atoms with Gasteiger partial charge >= 0.3 is 0 Å². The minimum absolute atomic E-state index is 0.0186. The molecular weight excluding hydrogens is 266 g/mol. The standard InChI is InChI=1S/C16H27N3O2/c1-11(2)9-19-12(3)15(8-17-19)16(21)18-14-6-4-13(10-20)5-7-14/h8,11,13-14,20H,4-7,9-10H2,1-3H3,(H,18,21). The Morgan fingerprint density at radius 2 is 2.10 bits per heavy atom. The fraction of sp³-hybridized carbons (Fsp3) is 0.750. The van der Waals surface area contributed by atoms with Gasteiger partial charge in [0.05, 0.1) is 11.8 Å². The number of aliphatic hydroxyl groups is 1. The largest absolute Gasteiger partial charge is 0.396 e. The van der Waals surface area contributed by atoms with E-state index in [-0.39, 0.29) is 18.6 Å². The summed E-state index contributed by atoms with van der Waals surface area (Å²) in [6, 6.07) is 0.230. The summed E-state index contributed by atoms with van der Waals surface area (Å²) < 4.78 is 1.91. The molecule has 0 atom stereocenters. The number of carbonyl (C=O) groups is 1. The fourth-order valence-corrected chi connectivity index (χ4v) is 2.95. The highest BCUT2D eigenvalue weighted by atomic mass is 16.3. The molecule has 118 valence electrons. The van der Waals surface area contributed by atoms with Crippen LogP contribution in [-0.4, -0.2) is 33.4 Å². The number of nitrogens with zero attached hydrogens (tertiary/aromatic N) is 2. The Morgan fingerprint density at radius 3 is 2.67 bits per heavy atom. The molecule has 1 aliphatic carbocycles. The molecule has 1 aliphatic rings. The lowest BCUT2D eigenvalue weighted by molar-refractivity contribution is 0.0913. The van der Waals surface area contributed by atoms with Crippen molar-refractivity contribution in [1.82, 2.24) is 15.1 Å². The predicted octanol–water partition coefficient (Wildman–Crippen LogP) is 2.13. The molecule has 0 saturated heterocycles. The lowest BCUT2D eigenvalue weighted by Crippen LogP contribution is -2.38. The van der Waals surface area contributed by atoms with Crippen molar-refractivity contribution in [3.05, 3.63) is 17.5 Å². The monoisotopic (exact) mass is 293 g/mol. The molecule has 0 bridgehead atoms. The molecule has 2 N–H and O–H groups in total. The van der Waals surface area contributed by atoms with Gasteiger partial charge in [-0.1, -0.05) is 13.8 Å².